The number of aliphatic hydroxyl groups excluding tert-OH is 1. The number of nitrogens with two attached hydrogens (primary N) is 1. The smallest absolute Gasteiger partial charge is 0.266 e. The van der Waals surface area contributed by atoms with Gasteiger partial charge >= 0.3 is 0 Å². The topological polar surface area (TPSA) is 66.6 Å². The average molecular weight is 369 g/mol. The number of carbonyl (C=O) groups is 1. The fourth-order valence-corrected chi connectivity index (χ4v) is 4.27. The highest BCUT2D eigenvalue weighted by atomic mass is 79.9. The van der Waals surface area contributed by atoms with E-state index in [-0.39, 0.29) is 11.8 Å². The van der Waals surface area contributed by atoms with E-state index in [1.54, 1.807) is 4.90 Å². The van der Waals surface area contributed by atoms with Gasteiger partial charge in [0.05, 0.1) is 11.8 Å². The van der Waals surface area contributed by atoms with Gasteiger partial charge in [-0.05, 0) is 24.5 Å². The Kier molecular flexibility index (Phi) is 3.94. The van der Waals surface area contributed by atoms with Crippen LogP contribution in [0, 0.1) is 5.92 Å². The van der Waals surface area contributed by atoms with Crippen molar-refractivity contribution in [3.63, 3.8) is 0 Å². The van der Waals surface area contributed by atoms with Crippen molar-refractivity contribution in [2.75, 3.05) is 18.8 Å². The lowest BCUT2D eigenvalue weighted by Crippen LogP contribution is -2.45. The Hall–Kier alpha value is -1.11. The van der Waals surface area contributed by atoms with Gasteiger partial charge in [0.25, 0.3) is 5.91 Å². The van der Waals surface area contributed by atoms with Crippen LogP contribution in [0.4, 0.5) is 5.69 Å². The molecule has 1 aromatic carbocycles. The van der Waals surface area contributed by atoms with Crippen LogP contribution in [-0.4, -0.2) is 35.1 Å². The molecule has 0 saturated carbocycles. The third-order valence-corrected chi connectivity index (χ3v) is 5.74. The lowest BCUT2D eigenvalue weighted by Gasteiger charge is -2.34. The minimum Gasteiger partial charge on any atom is -0.397 e. The maximum Gasteiger partial charge on any atom is 0.266 e. The van der Waals surface area contributed by atoms with Gasteiger partial charge in [0, 0.05) is 27.6 Å². The van der Waals surface area contributed by atoms with Crippen LogP contribution >= 0.6 is 27.3 Å². The van der Waals surface area contributed by atoms with Crippen LogP contribution in [0.3, 0.4) is 0 Å². The molecule has 2 unspecified atom stereocenters. The van der Waals surface area contributed by atoms with Gasteiger partial charge in [-0.15, -0.1) is 11.3 Å². The lowest BCUT2D eigenvalue weighted by molar-refractivity contribution is 0.0252. The quantitative estimate of drug-likeness (QED) is 0.812. The fourth-order valence-electron chi connectivity index (χ4n) is 2.63. The third kappa shape index (κ3) is 2.67. The molecule has 1 amide bonds. The standard InChI is InChI=1S/C15H17BrN2O2S/c1-8-4-5-18(7-11(8)19)15(20)14-13(17)10-3-2-9(16)6-12(10)21-14/h2-3,6,8,11,19H,4-5,7,17H2,1H3. The van der Waals surface area contributed by atoms with Crippen molar-refractivity contribution in [1.29, 1.82) is 0 Å². The number of fused-ring (bicyclic) bond motifs is 1. The van der Waals surface area contributed by atoms with Crippen LogP contribution in [0.2, 0.25) is 0 Å². The number of nitrogens with zero attached hydrogens (tertiary/aromatic N) is 1. The van der Waals surface area contributed by atoms with Crippen molar-refractivity contribution in [2.45, 2.75) is 19.4 Å². The molecule has 0 aliphatic carbocycles. The Morgan fingerprint density at radius 2 is 2.29 bits per heavy atom. The first-order chi connectivity index (χ1) is 9.97. The second-order valence-corrected chi connectivity index (χ2v) is 7.54. The molecule has 112 valence electrons. The molecule has 2 atom stereocenters. The van der Waals surface area contributed by atoms with Crippen molar-refractivity contribution < 1.29 is 9.90 Å². The lowest BCUT2D eigenvalue weighted by atomic mass is 9.96. The van der Waals surface area contributed by atoms with Gasteiger partial charge in [0.1, 0.15) is 4.88 Å². The van der Waals surface area contributed by atoms with E-state index in [1.807, 2.05) is 25.1 Å². The maximum atomic E-state index is 12.7. The highest BCUT2D eigenvalue weighted by Crippen LogP contribution is 2.36. The molecule has 3 rings (SSSR count). The number of likely N-dealkylation sites (tertiary alicyclic amines) is 1. The molecular formula is C15H17BrN2O2S. The first-order valence-corrected chi connectivity index (χ1v) is 8.53. The molecule has 1 fully saturated rings. The Morgan fingerprint density at radius 3 is 3.00 bits per heavy atom. The zero-order chi connectivity index (χ0) is 15.1. The number of hydrogen-bond acceptors (Lipinski definition) is 4. The SMILES string of the molecule is CC1CCN(C(=O)c2sc3cc(Br)ccc3c2N)CC1O. The summed E-state index contributed by atoms with van der Waals surface area (Å²) in [6.07, 6.45) is 0.371. The van der Waals surface area contributed by atoms with Gasteiger partial charge in [0.15, 0.2) is 0 Å². The van der Waals surface area contributed by atoms with Crippen molar-refractivity contribution in [2.24, 2.45) is 5.92 Å². The molecule has 2 heterocycles. The minimum absolute atomic E-state index is 0.0734. The van der Waals surface area contributed by atoms with Crippen LogP contribution in [0.5, 0.6) is 0 Å². The molecule has 3 N–H and O–H groups in total. The predicted octanol–water partition coefficient (Wildman–Crippen LogP) is 3.09. The number of carbonyl (C=O) groups excluding carboxylic acids is 1. The van der Waals surface area contributed by atoms with Gasteiger partial charge < -0.3 is 15.7 Å². The number of amides is 1. The summed E-state index contributed by atoms with van der Waals surface area (Å²) in [4.78, 5) is 14.9. The Labute approximate surface area is 135 Å². The first-order valence-electron chi connectivity index (χ1n) is 6.92. The van der Waals surface area contributed by atoms with E-state index in [9.17, 15) is 9.90 Å². The number of anilines is 1. The maximum absolute atomic E-state index is 12.7. The fraction of sp³-hybridized carbons (Fsp3) is 0.400. The number of hydrogen-bond donors (Lipinski definition) is 2. The highest BCUT2D eigenvalue weighted by molar-refractivity contribution is 9.10. The summed E-state index contributed by atoms with van der Waals surface area (Å²) in [7, 11) is 0. The van der Waals surface area contributed by atoms with Crippen LogP contribution in [0.15, 0.2) is 22.7 Å². The number of aliphatic hydroxyl groups is 1. The summed E-state index contributed by atoms with van der Waals surface area (Å²) >= 11 is 4.85. The summed E-state index contributed by atoms with van der Waals surface area (Å²) in [6.45, 7) is 3.07. The van der Waals surface area contributed by atoms with Crippen LogP contribution < -0.4 is 5.73 Å². The summed E-state index contributed by atoms with van der Waals surface area (Å²) in [6, 6.07) is 5.82. The van der Waals surface area contributed by atoms with Crippen LogP contribution in [0.25, 0.3) is 10.1 Å². The minimum atomic E-state index is -0.451. The first kappa shape index (κ1) is 14.8. The highest BCUT2D eigenvalue weighted by Gasteiger charge is 2.29. The zero-order valence-corrected chi connectivity index (χ0v) is 14.1. The number of halogens is 1. The molecule has 1 aliphatic heterocycles. The number of β-amino-alcohol motifs (C(OH)–C–C–N with tert-alkyl or cyclic N) is 1. The Bertz CT molecular complexity index is 700. The van der Waals surface area contributed by atoms with Crippen molar-refractivity contribution in [1.82, 2.24) is 4.90 Å². The second kappa shape index (κ2) is 5.59. The van der Waals surface area contributed by atoms with E-state index in [0.717, 1.165) is 21.0 Å². The van der Waals surface area contributed by atoms with E-state index >= 15 is 0 Å². The van der Waals surface area contributed by atoms with Gasteiger partial charge in [0.2, 0.25) is 0 Å². The summed E-state index contributed by atoms with van der Waals surface area (Å²) in [5.41, 5.74) is 6.69. The number of rotatable bonds is 1. The predicted molar refractivity (Wildman–Crippen MR) is 89.6 cm³/mol. The molecule has 1 aliphatic rings. The number of benzene rings is 1. The summed E-state index contributed by atoms with van der Waals surface area (Å²) < 4.78 is 1.97. The van der Waals surface area contributed by atoms with Crippen molar-refractivity contribution >= 4 is 48.9 Å². The van der Waals surface area contributed by atoms with Gasteiger partial charge in [-0.3, -0.25) is 4.79 Å². The number of thiophene rings is 1. The zero-order valence-electron chi connectivity index (χ0n) is 11.7. The molecule has 0 bridgehead atoms. The molecule has 2 aromatic rings. The van der Waals surface area contributed by atoms with Gasteiger partial charge in [-0.2, -0.15) is 0 Å². The average Bonchev–Trinajstić information content (AvgIpc) is 2.77. The Morgan fingerprint density at radius 1 is 1.52 bits per heavy atom. The monoisotopic (exact) mass is 368 g/mol. The molecule has 1 saturated heterocycles. The van der Waals surface area contributed by atoms with Crippen molar-refractivity contribution in [3.8, 4) is 0 Å². The molecular weight excluding hydrogens is 352 g/mol. The molecule has 4 nitrogen and oxygen atoms in total. The second-order valence-electron chi connectivity index (χ2n) is 5.57. The molecule has 1 aromatic heterocycles. The van der Waals surface area contributed by atoms with Crippen molar-refractivity contribution in [3.05, 3.63) is 27.5 Å². The van der Waals surface area contributed by atoms with Gasteiger partial charge in [-0.1, -0.05) is 28.9 Å². The molecule has 0 spiro atoms. The van der Waals surface area contributed by atoms with E-state index in [1.165, 1.54) is 11.3 Å². The third-order valence-electron chi connectivity index (χ3n) is 4.09. The normalized spacial score (nSPS) is 22.7. The summed E-state index contributed by atoms with van der Waals surface area (Å²) in [5, 5.41) is 10.9. The molecule has 0 radical (unpaired) electrons. The molecule has 6 heteroatoms. The van der Waals surface area contributed by atoms with Gasteiger partial charge in [-0.25, -0.2) is 0 Å². The van der Waals surface area contributed by atoms with E-state index < -0.39 is 6.10 Å². The van der Waals surface area contributed by atoms with E-state index in [4.69, 9.17) is 5.73 Å². The Balaban J connectivity index is 1.93. The van der Waals surface area contributed by atoms with E-state index in [2.05, 4.69) is 15.9 Å². The summed E-state index contributed by atoms with van der Waals surface area (Å²) in [5.74, 6) is 0.167. The number of piperidine rings is 1. The largest absolute Gasteiger partial charge is 0.397 e. The number of nitrogen functional groups attached to an aromatic ring is 1. The van der Waals surface area contributed by atoms with Crippen LogP contribution in [0.1, 0.15) is 23.0 Å². The van der Waals surface area contributed by atoms with E-state index in [0.29, 0.717) is 23.7 Å². The van der Waals surface area contributed by atoms with Crippen LogP contribution in [-0.2, 0) is 0 Å². The molecule has 21 heavy (non-hydrogen) atoms.